The molecule has 1 fully saturated rings. The van der Waals surface area contributed by atoms with Gasteiger partial charge in [0.2, 0.25) is 0 Å². The lowest BCUT2D eigenvalue weighted by atomic mass is 10.0. The first-order chi connectivity index (χ1) is 9.76. The van der Waals surface area contributed by atoms with Crippen LogP contribution in [-0.2, 0) is 11.3 Å². The number of rotatable bonds is 7. The van der Waals surface area contributed by atoms with Crippen molar-refractivity contribution in [2.75, 3.05) is 26.4 Å². The fourth-order valence-corrected chi connectivity index (χ4v) is 2.30. The smallest absolute Gasteiger partial charge is 0.262 e. The Morgan fingerprint density at radius 1 is 1.50 bits per heavy atom. The first-order valence-electron chi connectivity index (χ1n) is 6.98. The van der Waals surface area contributed by atoms with Crippen molar-refractivity contribution in [3.8, 4) is 5.88 Å². The predicted octanol–water partition coefficient (Wildman–Crippen LogP) is 1.78. The van der Waals surface area contributed by atoms with E-state index in [1.54, 1.807) is 4.68 Å². The van der Waals surface area contributed by atoms with Crippen LogP contribution in [0.1, 0.15) is 25.0 Å². The summed E-state index contributed by atoms with van der Waals surface area (Å²) in [6, 6.07) is 0. The van der Waals surface area contributed by atoms with Crippen molar-refractivity contribution in [3.05, 3.63) is 10.6 Å². The zero-order valence-electron chi connectivity index (χ0n) is 11.7. The predicted molar refractivity (Wildman–Crippen MR) is 73.2 cm³/mol. The Morgan fingerprint density at radius 2 is 2.25 bits per heavy atom. The van der Waals surface area contributed by atoms with Crippen LogP contribution >= 0.6 is 0 Å². The maximum atomic E-state index is 10.9. The SMILES string of the molecule is Cc1c(N=O)c(OCCCO)nn1CC1CCOCC1. The summed E-state index contributed by atoms with van der Waals surface area (Å²) in [4.78, 5) is 10.9. The van der Waals surface area contributed by atoms with Crippen LogP contribution < -0.4 is 4.74 Å². The van der Waals surface area contributed by atoms with Crippen LogP contribution in [0.4, 0.5) is 5.69 Å². The molecule has 20 heavy (non-hydrogen) atoms. The third-order valence-electron chi connectivity index (χ3n) is 3.55. The van der Waals surface area contributed by atoms with Gasteiger partial charge in [-0.05, 0) is 30.9 Å². The zero-order chi connectivity index (χ0) is 14.4. The van der Waals surface area contributed by atoms with Crippen LogP contribution in [0.15, 0.2) is 5.18 Å². The highest BCUT2D eigenvalue weighted by atomic mass is 16.5. The van der Waals surface area contributed by atoms with E-state index in [2.05, 4.69) is 10.3 Å². The summed E-state index contributed by atoms with van der Waals surface area (Å²) in [5, 5.41) is 16.1. The van der Waals surface area contributed by atoms with E-state index in [4.69, 9.17) is 14.6 Å². The van der Waals surface area contributed by atoms with Gasteiger partial charge in [-0.1, -0.05) is 0 Å². The first kappa shape index (κ1) is 14.9. The average molecular weight is 283 g/mol. The molecule has 7 nitrogen and oxygen atoms in total. The summed E-state index contributed by atoms with van der Waals surface area (Å²) in [6.07, 6.45) is 2.51. The van der Waals surface area contributed by atoms with Gasteiger partial charge in [0, 0.05) is 32.8 Å². The molecule has 0 amide bonds. The van der Waals surface area contributed by atoms with E-state index in [1.165, 1.54) is 0 Å². The molecule has 2 heterocycles. The Kier molecular flexibility index (Phi) is 5.49. The van der Waals surface area contributed by atoms with Crippen LogP contribution in [0.2, 0.25) is 0 Å². The van der Waals surface area contributed by atoms with E-state index in [0.717, 1.165) is 38.3 Å². The molecule has 0 aromatic carbocycles. The standard InChI is InChI=1S/C13H21N3O4/c1-10-12(15-18)13(20-6-2-5-17)14-16(10)9-11-3-7-19-8-4-11/h11,17H,2-9H2,1H3. The van der Waals surface area contributed by atoms with E-state index in [0.29, 0.717) is 18.9 Å². The van der Waals surface area contributed by atoms with Crippen molar-refractivity contribution in [2.45, 2.75) is 32.7 Å². The minimum atomic E-state index is 0.0472. The Bertz CT molecular complexity index is 441. The molecule has 1 N–H and O–H groups in total. The van der Waals surface area contributed by atoms with Gasteiger partial charge in [-0.25, -0.2) is 0 Å². The van der Waals surface area contributed by atoms with Crippen molar-refractivity contribution in [1.29, 1.82) is 0 Å². The molecule has 0 aliphatic carbocycles. The van der Waals surface area contributed by atoms with Gasteiger partial charge in [0.1, 0.15) is 0 Å². The lowest BCUT2D eigenvalue weighted by Crippen LogP contribution is -2.21. The molecular formula is C13H21N3O4. The minimum absolute atomic E-state index is 0.0472. The van der Waals surface area contributed by atoms with Crippen LogP contribution in [0.5, 0.6) is 5.88 Å². The maximum Gasteiger partial charge on any atom is 0.262 e. The lowest BCUT2D eigenvalue weighted by molar-refractivity contribution is 0.0598. The van der Waals surface area contributed by atoms with E-state index >= 15 is 0 Å². The molecule has 1 aromatic rings. The fourth-order valence-electron chi connectivity index (χ4n) is 2.30. The van der Waals surface area contributed by atoms with Gasteiger partial charge in [0.15, 0.2) is 5.69 Å². The molecule has 0 bridgehead atoms. The van der Waals surface area contributed by atoms with E-state index in [-0.39, 0.29) is 18.2 Å². The van der Waals surface area contributed by atoms with Gasteiger partial charge in [-0.15, -0.1) is 10.0 Å². The molecule has 0 unspecified atom stereocenters. The minimum Gasteiger partial charge on any atom is -0.475 e. The molecule has 7 heteroatoms. The number of hydrogen-bond donors (Lipinski definition) is 1. The Balaban J connectivity index is 2.06. The normalized spacial score (nSPS) is 16.3. The largest absolute Gasteiger partial charge is 0.475 e. The number of hydrogen-bond acceptors (Lipinski definition) is 6. The number of ether oxygens (including phenoxy) is 2. The molecule has 0 atom stereocenters. The molecule has 2 rings (SSSR count). The topological polar surface area (TPSA) is 85.9 Å². The number of aliphatic hydroxyl groups excluding tert-OH is 1. The van der Waals surface area contributed by atoms with Gasteiger partial charge in [-0.2, -0.15) is 0 Å². The molecule has 0 spiro atoms. The number of aliphatic hydroxyl groups is 1. The van der Waals surface area contributed by atoms with Crippen LogP contribution in [-0.4, -0.2) is 41.3 Å². The van der Waals surface area contributed by atoms with E-state index in [9.17, 15) is 4.91 Å². The highest BCUT2D eigenvalue weighted by molar-refractivity contribution is 5.51. The molecule has 1 saturated heterocycles. The third-order valence-corrected chi connectivity index (χ3v) is 3.55. The molecular weight excluding hydrogens is 262 g/mol. The van der Waals surface area contributed by atoms with Crippen molar-refractivity contribution in [3.63, 3.8) is 0 Å². The van der Waals surface area contributed by atoms with Crippen LogP contribution in [0.25, 0.3) is 0 Å². The van der Waals surface area contributed by atoms with Crippen molar-refractivity contribution < 1.29 is 14.6 Å². The quantitative estimate of drug-likeness (QED) is 0.609. The molecule has 1 aliphatic heterocycles. The monoisotopic (exact) mass is 283 g/mol. The summed E-state index contributed by atoms with van der Waals surface area (Å²) in [6.45, 7) is 4.51. The summed E-state index contributed by atoms with van der Waals surface area (Å²) in [7, 11) is 0. The van der Waals surface area contributed by atoms with Gasteiger partial charge < -0.3 is 14.6 Å². The second-order valence-electron chi connectivity index (χ2n) is 4.99. The lowest BCUT2D eigenvalue weighted by Gasteiger charge is -2.22. The van der Waals surface area contributed by atoms with Crippen molar-refractivity contribution in [1.82, 2.24) is 9.78 Å². The Labute approximate surface area is 117 Å². The summed E-state index contributed by atoms with van der Waals surface area (Å²) >= 11 is 0. The number of nitroso groups, excluding NO2 is 1. The molecule has 0 radical (unpaired) electrons. The Morgan fingerprint density at radius 3 is 2.90 bits per heavy atom. The molecule has 0 saturated carbocycles. The van der Waals surface area contributed by atoms with Gasteiger partial charge in [0.25, 0.3) is 5.88 Å². The number of nitrogens with zero attached hydrogens (tertiary/aromatic N) is 3. The molecule has 1 aliphatic rings. The van der Waals surface area contributed by atoms with E-state index < -0.39 is 0 Å². The summed E-state index contributed by atoms with van der Waals surface area (Å²) < 4.78 is 12.5. The fraction of sp³-hybridized carbons (Fsp3) is 0.769. The Hall–Kier alpha value is -1.47. The maximum absolute atomic E-state index is 10.9. The highest BCUT2D eigenvalue weighted by Crippen LogP contribution is 2.31. The van der Waals surface area contributed by atoms with Gasteiger partial charge >= 0.3 is 0 Å². The van der Waals surface area contributed by atoms with Crippen LogP contribution in [0, 0.1) is 17.7 Å². The van der Waals surface area contributed by atoms with Crippen molar-refractivity contribution in [2.24, 2.45) is 11.1 Å². The van der Waals surface area contributed by atoms with Gasteiger partial charge in [0.05, 0.1) is 12.3 Å². The second-order valence-corrected chi connectivity index (χ2v) is 4.99. The van der Waals surface area contributed by atoms with E-state index in [1.807, 2.05) is 6.92 Å². The first-order valence-corrected chi connectivity index (χ1v) is 6.98. The van der Waals surface area contributed by atoms with Gasteiger partial charge in [-0.3, -0.25) is 4.68 Å². The molecule has 112 valence electrons. The second kappa shape index (κ2) is 7.35. The summed E-state index contributed by atoms with van der Waals surface area (Å²) in [5.74, 6) is 0.769. The number of aromatic nitrogens is 2. The third kappa shape index (κ3) is 3.55. The van der Waals surface area contributed by atoms with Crippen molar-refractivity contribution >= 4 is 5.69 Å². The average Bonchev–Trinajstić information content (AvgIpc) is 2.76. The highest BCUT2D eigenvalue weighted by Gasteiger charge is 2.21. The summed E-state index contributed by atoms with van der Waals surface area (Å²) in [5.41, 5.74) is 0.987. The molecule has 1 aromatic heterocycles. The van der Waals surface area contributed by atoms with Crippen LogP contribution in [0.3, 0.4) is 0 Å². The zero-order valence-corrected chi connectivity index (χ0v) is 11.7.